The van der Waals surface area contributed by atoms with Crippen LogP contribution in [0.5, 0.6) is 0 Å². The Kier molecular flexibility index (Phi) is 5.59. The first-order valence-electron chi connectivity index (χ1n) is 8.22. The van der Waals surface area contributed by atoms with Crippen LogP contribution in [0.3, 0.4) is 0 Å². The molecule has 24 heavy (non-hydrogen) atoms. The number of rotatable bonds is 3. The molecule has 0 saturated carbocycles. The predicted molar refractivity (Wildman–Crippen MR) is 96.3 cm³/mol. The monoisotopic (exact) mass is 346 g/mol. The zero-order valence-electron chi connectivity index (χ0n) is 14.6. The largest absolute Gasteiger partial charge is 0.296 e. The fourth-order valence-corrected chi connectivity index (χ4v) is 3.85. The van der Waals surface area contributed by atoms with Gasteiger partial charge in [-0.2, -0.15) is 5.26 Å². The summed E-state index contributed by atoms with van der Waals surface area (Å²) in [4.78, 5) is 2.07. The van der Waals surface area contributed by atoms with Crippen LogP contribution in [0.15, 0.2) is 18.2 Å². The second-order valence-electron chi connectivity index (χ2n) is 7.64. The topological polar surface area (TPSA) is 27.0 Å². The summed E-state index contributed by atoms with van der Waals surface area (Å²) in [5, 5.41) is 9.80. The number of alkyl halides is 1. The fraction of sp³-hybridized carbons (Fsp3) is 0.550. The van der Waals surface area contributed by atoms with Crippen molar-refractivity contribution in [2.75, 3.05) is 13.1 Å². The Labute approximate surface area is 149 Å². The number of nitriles is 1. The lowest BCUT2D eigenvalue weighted by atomic mass is 9.59. The lowest BCUT2D eigenvalue weighted by molar-refractivity contribution is -0.0660. The second kappa shape index (κ2) is 7.14. The third-order valence-electron chi connectivity index (χ3n) is 5.39. The molecule has 0 aromatic heterocycles. The van der Waals surface area contributed by atoms with E-state index in [9.17, 15) is 5.26 Å². The molecule has 2 nitrogen and oxygen atoms in total. The van der Waals surface area contributed by atoms with Crippen molar-refractivity contribution in [3.63, 3.8) is 0 Å². The molecular weight excluding hydrogens is 323 g/mol. The third-order valence-corrected chi connectivity index (χ3v) is 5.75. The molecule has 0 N–H and O–H groups in total. The van der Waals surface area contributed by atoms with Crippen molar-refractivity contribution in [1.82, 2.24) is 4.90 Å². The average Bonchev–Trinajstić information content (AvgIpc) is 2.51. The number of hydrogen-bond donors (Lipinski definition) is 0. The number of hydrogen-bond acceptors (Lipinski definition) is 2. The molecule has 0 radical (unpaired) electrons. The molecule has 2 unspecified atom stereocenters. The minimum atomic E-state index is -1.03. The number of nitrogens with zero attached hydrogens (tertiary/aromatic N) is 2. The average molecular weight is 347 g/mol. The van der Waals surface area contributed by atoms with Crippen LogP contribution in [-0.4, -0.2) is 24.2 Å². The summed E-state index contributed by atoms with van der Waals surface area (Å²) >= 11 is 6.28. The highest BCUT2D eigenvalue weighted by molar-refractivity contribution is 6.31. The Hall–Kier alpha value is -1.55. The SMILES string of the molecule is C#Cc1ccc(CN2CCC(CC#N)(C(C)(C)C)C(F)C2)c(Cl)c1. The molecule has 0 amide bonds. The highest BCUT2D eigenvalue weighted by Crippen LogP contribution is 2.50. The maximum Gasteiger partial charge on any atom is 0.120 e. The first-order chi connectivity index (χ1) is 11.2. The van der Waals surface area contributed by atoms with Gasteiger partial charge in [0.1, 0.15) is 6.17 Å². The number of terminal acetylenes is 1. The van der Waals surface area contributed by atoms with E-state index in [-0.39, 0.29) is 11.8 Å². The van der Waals surface area contributed by atoms with Gasteiger partial charge in [0.05, 0.1) is 6.07 Å². The lowest BCUT2D eigenvalue weighted by Gasteiger charge is -2.51. The van der Waals surface area contributed by atoms with Crippen LogP contribution < -0.4 is 0 Å². The van der Waals surface area contributed by atoms with Crippen molar-refractivity contribution in [2.45, 2.75) is 46.3 Å². The van der Waals surface area contributed by atoms with Crippen LogP contribution in [0.2, 0.25) is 5.02 Å². The Bertz CT molecular complexity index is 680. The van der Waals surface area contributed by atoms with Gasteiger partial charge >= 0.3 is 0 Å². The van der Waals surface area contributed by atoms with Gasteiger partial charge in [0.25, 0.3) is 0 Å². The summed E-state index contributed by atoms with van der Waals surface area (Å²) in [5.74, 6) is 2.56. The zero-order valence-corrected chi connectivity index (χ0v) is 15.3. The van der Waals surface area contributed by atoms with Gasteiger partial charge in [-0.15, -0.1) is 6.42 Å². The minimum absolute atomic E-state index is 0.250. The maximum absolute atomic E-state index is 15.1. The maximum atomic E-state index is 15.1. The molecule has 1 aromatic rings. The fourth-order valence-electron chi connectivity index (χ4n) is 3.61. The van der Waals surface area contributed by atoms with Crippen LogP contribution >= 0.6 is 11.6 Å². The van der Waals surface area contributed by atoms with E-state index < -0.39 is 11.6 Å². The first-order valence-corrected chi connectivity index (χ1v) is 8.60. The summed E-state index contributed by atoms with van der Waals surface area (Å²) in [6.07, 6.45) is 5.27. The lowest BCUT2D eigenvalue weighted by Crippen LogP contribution is -2.54. The molecule has 1 heterocycles. The van der Waals surface area contributed by atoms with Gasteiger partial charge in [-0.1, -0.05) is 44.4 Å². The van der Waals surface area contributed by atoms with Crippen LogP contribution in [0.4, 0.5) is 4.39 Å². The summed E-state index contributed by atoms with van der Waals surface area (Å²) in [6.45, 7) is 7.77. The molecule has 128 valence electrons. The van der Waals surface area contributed by atoms with E-state index in [0.29, 0.717) is 24.5 Å². The van der Waals surface area contributed by atoms with Crippen molar-refractivity contribution in [3.05, 3.63) is 34.3 Å². The van der Waals surface area contributed by atoms with Crippen molar-refractivity contribution in [1.29, 1.82) is 5.26 Å². The normalized spacial score (nSPS) is 25.0. The molecule has 1 fully saturated rings. The van der Waals surface area contributed by atoms with Crippen molar-refractivity contribution < 1.29 is 4.39 Å². The van der Waals surface area contributed by atoms with Gasteiger partial charge in [-0.3, -0.25) is 4.90 Å². The molecule has 1 aromatic carbocycles. The molecule has 2 rings (SSSR count). The van der Waals surface area contributed by atoms with Crippen LogP contribution in [0, 0.1) is 34.5 Å². The molecule has 1 aliphatic rings. The molecule has 1 aliphatic heterocycles. The van der Waals surface area contributed by atoms with E-state index in [2.05, 4.69) is 16.9 Å². The van der Waals surface area contributed by atoms with Crippen molar-refractivity contribution in [2.24, 2.45) is 10.8 Å². The Morgan fingerprint density at radius 1 is 1.46 bits per heavy atom. The molecule has 2 atom stereocenters. The van der Waals surface area contributed by atoms with Gasteiger partial charge in [0.2, 0.25) is 0 Å². The number of piperidine rings is 1. The zero-order chi connectivity index (χ0) is 18.0. The van der Waals surface area contributed by atoms with Gasteiger partial charge < -0.3 is 0 Å². The van der Waals surface area contributed by atoms with E-state index in [4.69, 9.17) is 18.0 Å². The van der Waals surface area contributed by atoms with Crippen LogP contribution in [-0.2, 0) is 6.54 Å². The van der Waals surface area contributed by atoms with E-state index in [1.807, 2.05) is 32.9 Å². The summed E-state index contributed by atoms with van der Waals surface area (Å²) < 4.78 is 15.1. The number of halogens is 2. The molecule has 0 bridgehead atoms. The second-order valence-corrected chi connectivity index (χ2v) is 8.05. The van der Waals surface area contributed by atoms with Gasteiger partial charge in [0, 0.05) is 35.5 Å². The molecule has 0 spiro atoms. The number of benzene rings is 1. The molecular formula is C20H24ClFN2. The van der Waals surface area contributed by atoms with Crippen molar-refractivity contribution in [3.8, 4) is 18.4 Å². The van der Waals surface area contributed by atoms with Gasteiger partial charge in [-0.05, 0) is 36.1 Å². The van der Waals surface area contributed by atoms with Crippen LogP contribution in [0.25, 0.3) is 0 Å². The molecule has 1 saturated heterocycles. The third kappa shape index (κ3) is 3.59. The Morgan fingerprint density at radius 2 is 2.17 bits per heavy atom. The van der Waals surface area contributed by atoms with Gasteiger partial charge in [-0.25, -0.2) is 4.39 Å². The summed E-state index contributed by atoms with van der Waals surface area (Å²) in [7, 11) is 0. The first kappa shape index (κ1) is 18.8. The highest BCUT2D eigenvalue weighted by Gasteiger charge is 2.51. The quantitative estimate of drug-likeness (QED) is 0.734. The predicted octanol–water partition coefficient (Wildman–Crippen LogP) is 4.81. The van der Waals surface area contributed by atoms with E-state index in [1.165, 1.54) is 0 Å². The molecule has 0 aliphatic carbocycles. The smallest absolute Gasteiger partial charge is 0.120 e. The Balaban J connectivity index is 2.14. The highest BCUT2D eigenvalue weighted by atomic mass is 35.5. The standard InChI is InChI=1S/C20H24ClFN2/c1-5-15-6-7-16(17(21)12-15)13-24-11-9-20(8-10-23,18(22)14-24)19(2,3)4/h1,6-7,12,18H,8-9,11,13-14H2,2-4H3. The summed E-state index contributed by atoms with van der Waals surface area (Å²) in [5.41, 5.74) is 0.855. The molecule has 4 heteroatoms. The van der Waals surface area contributed by atoms with Gasteiger partial charge in [0.15, 0.2) is 0 Å². The number of likely N-dealkylation sites (tertiary alicyclic amines) is 1. The van der Waals surface area contributed by atoms with E-state index in [0.717, 1.165) is 17.7 Å². The van der Waals surface area contributed by atoms with E-state index in [1.54, 1.807) is 6.07 Å². The van der Waals surface area contributed by atoms with Crippen molar-refractivity contribution >= 4 is 11.6 Å². The minimum Gasteiger partial charge on any atom is -0.296 e. The summed E-state index contributed by atoms with van der Waals surface area (Å²) in [6, 6.07) is 7.73. The Morgan fingerprint density at radius 3 is 2.67 bits per heavy atom. The van der Waals surface area contributed by atoms with E-state index >= 15 is 4.39 Å². The van der Waals surface area contributed by atoms with Crippen LogP contribution in [0.1, 0.15) is 44.7 Å².